The summed E-state index contributed by atoms with van der Waals surface area (Å²) in [6, 6.07) is 7.90. The van der Waals surface area contributed by atoms with Crippen molar-refractivity contribution in [3.8, 4) is 0 Å². The maximum Gasteiger partial charge on any atom is 0.166 e. The summed E-state index contributed by atoms with van der Waals surface area (Å²) >= 11 is 3.47. The van der Waals surface area contributed by atoms with Gasteiger partial charge in [0.2, 0.25) is 0 Å². The van der Waals surface area contributed by atoms with Gasteiger partial charge < -0.3 is 4.57 Å². The van der Waals surface area contributed by atoms with E-state index in [0.29, 0.717) is 0 Å². The number of aryl methyl sites for hydroxylation is 1. The molecule has 0 saturated heterocycles. The summed E-state index contributed by atoms with van der Waals surface area (Å²) in [4.78, 5) is 10.8. The Bertz CT molecular complexity index is 487. The highest BCUT2D eigenvalue weighted by Crippen LogP contribution is 2.26. The maximum atomic E-state index is 10.8. The SMILES string of the molecule is CCn1c(C=O)cc2c(Br)cccc21. The molecule has 0 amide bonds. The fourth-order valence-electron chi connectivity index (χ4n) is 1.72. The molecule has 1 aromatic heterocycles. The number of hydrogen-bond donors (Lipinski definition) is 0. The molecule has 2 rings (SSSR count). The highest BCUT2D eigenvalue weighted by molar-refractivity contribution is 9.10. The molecule has 0 saturated carbocycles. The molecule has 0 bridgehead atoms. The van der Waals surface area contributed by atoms with Gasteiger partial charge in [0.25, 0.3) is 0 Å². The normalized spacial score (nSPS) is 10.7. The van der Waals surface area contributed by atoms with E-state index in [1.165, 1.54) is 0 Å². The molecular formula is C11H10BrNO. The van der Waals surface area contributed by atoms with Crippen LogP contribution in [0.1, 0.15) is 17.4 Å². The topological polar surface area (TPSA) is 22.0 Å². The van der Waals surface area contributed by atoms with Crippen molar-refractivity contribution >= 4 is 33.1 Å². The summed E-state index contributed by atoms with van der Waals surface area (Å²) in [5, 5.41) is 1.09. The van der Waals surface area contributed by atoms with Crippen LogP contribution < -0.4 is 0 Å². The number of rotatable bonds is 2. The Kier molecular flexibility index (Phi) is 2.42. The van der Waals surface area contributed by atoms with Crippen molar-refractivity contribution in [2.24, 2.45) is 0 Å². The molecule has 72 valence electrons. The fourth-order valence-corrected chi connectivity index (χ4v) is 2.19. The largest absolute Gasteiger partial charge is 0.339 e. The van der Waals surface area contributed by atoms with Crippen LogP contribution >= 0.6 is 15.9 Å². The van der Waals surface area contributed by atoms with Crippen LogP contribution in [0.2, 0.25) is 0 Å². The van der Waals surface area contributed by atoms with Crippen molar-refractivity contribution in [1.82, 2.24) is 4.57 Å². The number of halogens is 1. The van der Waals surface area contributed by atoms with Gasteiger partial charge in [0.1, 0.15) is 0 Å². The van der Waals surface area contributed by atoms with E-state index in [1.54, 1.807) is 0 Å². The molecule has 0 N–H and O–H groups in total. The summed E-state index contributed by atoms with van der Waals surface area (Å²) in [7, 11) is 0. The van der Waals surface area contributed by atoms with E-state index in [0.717, 1.165) is 33.9 Å². The number of benzene rings is 1. The first-order chi connectivity index (χ1) is 6.77. The summed E-state index contributed by atoms with van der Waals surface area (Å²) in [6.07, 6.45) is 0.899. The van der Waals surface area contributed by atoms with Gasteiger partial charge in [0, 0.05) is 21.9 Å². The Labute approximate surface area is 90.7 Å². The van der Waals surface area contributed by atoms with Crippen molar-refractivity contribution < 1.29 is 4.79 Å². The van der Waals surface area contributed by atoms with Crippen LogP contribution in [-0.4, -0.2) is 10.9 Å². The van der Waals surface area contributed by atoms with Crippen LogP contribution in [0.4, 0.5) is 0 Å². The van der Waals surface area contributed by atoms with E-state index in [1.807, 2.05) is 35.8 Å². The molecule has 0 radical (unpaired) electrons. The Hall–Kier alpha value is -1.09. The van der Waals surface area contributed by atoms with Gasteiger partial charge in [-0.25, -0.2) is 0 Å². The van der Waals surface area contributed by atoms with E-state index < -0.39 is 0 Å². The summed E-state index contributed by atoms with van der Waals surface area (Å²) in [6.45, 7) is 2.85. The number of hydrogen-bond acceptors (Lipinski definition) is 1. The first-order valence-corrected chi connectivity index (χ1v) is 5.30. The molecule has 2 aromatic rings. The third kappa shape index (κ3) is 1.28. The molecular weight excluding hydrogens is 242 g/mol. The van der Waals surface area contributed by atoms with Gasteiger partial charge in [-0.3, -0.25) is 4.79 Å². The van der Waals surface area contributed by atoms with Gasteiger partial charge in [-0.1, -0.05) is 22.0 Å². The molecule has 0 aliphatic heterocycles. The second-order valence-electron chi connectivity index (χ2n) is 3.10. The van der Waals surface area contributed by atoms with Gasteiger partial charge in [0.05, 0.1) is 5.69 Å². The third-order valence-corrected chi connectivity index (χ3v) is 3.05. The summed E-state index contributed by atoms with van der Waals surface area (Å²) in [5.41, 5.74) is 1.83. The lowest BCUT2D eigenvalue weighted by Crippen LogP contribution is -1.98. The van der Waals surface area contributed by atoms with Crippen LogP contribution in [0.25, 0.3) is 10.9 Å². The van der Waals surface area contributed by atoms with E-state index in [-0.39, 0.29) is 0 Å². The van der Waals surface area contributed by atoms with E-state index in [2.05, 4.69) is 15.9 Å². The van der Waals surface area contributed by atoms with Gasteiger partial charge in [-0.15, -0.1) is 0 Å². The second kappa shape index (κ2) is 3.58. The minimum Gasteiger partial charge on any atom is -0.339 e. The average molecular weight is 252 g/mol. The third-order valence-electron chi connectivity index (χ3n) is 2.36. The van der Waals surface area contributed by atoms with E-state index >= 15 is 0 Å². The molecule has 0 atom stereocenters. The molecule has 14 heavy (non-hydrogen) atoms. The van der Waals surface area contributed by atoms with Crippen molar-refractivity contribution in [2.45, 2.75) is 13.5 Å². The molecule has 0 unspecified atom stereocenters. The molecule has 0 spiro atoms. The lowest BCUT2D eigenvalue weighted by molar-refractivity contribution is 0.111. The number of carbonyl (C=O) groups excluding carboxylic acids is 1. The van der Waals surface area contributed by atoms with Crippen molar-refractivity contribution in [3.63, 3.8) is 0 Å². The molecule has 0 aliphatic rings. The average Bonchev–Trinajstić information content (AvgIpc) is 2.57. The monoisotopic (exact) mass is 251 g/mol. The zero-order chi connectivity index (χ0) is 10.1. The fraction of sp³-hybridized carbons (Fsp3) is 0.182. The number of nitrogens with zero attached hydrogens (tertiary/aromatic N) is 1. The van der Waals surface area contributed by atoms with Gasteiger partial charge in [-0.05, 0) is 25.1 Å². The van der Waals surface area contributed by atoms with Crippen molar-refractivity contribution in [1.29, 1.82) is 0 Å². The number of fused-ring (bicyclic) bond motifs is 1. The van der Waals surface area contributed by atoms with Crippen molar-refractivity contribution in [2.75, 3.05) is 0 Å². The Balaban J connectivity index is 2.86. The quantitative estimate of drug-likeness (QED) is 0.752. The molecule has 1 aromatic carbocycles. The zero-order valence-corrected chi connectivity index (χ0v) is 9.41. The van der Waals surface area contributed by atoms with Crippen LogP contribution in [0.15, 0.2) is 28.7 Å². The zero-order valence-electron chi connectivity index (χ0n) is 7.83. The van der Waals surface area contributed by atoms with E-state index in [9.17, 15) is 4.79 Å². The van der Waals surface area contributed by atoms with Gasteiger partial charge in [-0.2, -0.15) is 0 Å². The van der Waals surface area contributed by atoms with Gasteiger partial charge >= 0.3 is 0 Å². The standard InChI is InChI=1S/C11H10BrNO/c1-2-13-8(7-14)6-9-10(12)4-3-5-11(9)13/h3-7H,2H2,1H3. The molecule has 3 heteroatoms. The first-order valence-electron chi connectivity index (χ1n) is 4.51. The number of aldehydes is 1. The molecule has 1 heterocycles. The number of aromatic nitrogens is 1. The summed E-state index contributed by atoms with van der Waals surface area (Å²) in [5.74, 6) is 0. The Morgan fingerprint density at radius 2 is 2.29 bits per heavy atom. The van der Waals surface area contributed by atoms with Crippen LogP contribution in [0.5, 0.6) is 0 Å². The smallest absolute Gasteiger partial charge is 0.166 e. The second-order valence-corrected chi connectivity index (χ2v) is 3.96. The van der Waals surface area contributed by atoms with E-state index in [4.69, 9.17) is 0 Å². The van der Waals surface area contributed by atoms with Crippen molar-refractivity contribution in [3.05, 3.63) is 34.4 Å². The lowest BCUT2D eigenvalue weighted by atomic mass is 10.2. The highest BCUT2D eigenvalue weighted by atomic mass is 79.9. The Morgan fingerprint density at radius 3 is 2.93 bits per heavy atom. The Morgan fingerprint density at radius 1 is 1.50 bits per heavy atom. The first kappa shape index (κ1) is 9.46. The minimum absolute atomic E-state index is 0.731. The number of carbonyl (C=O) groups is 1. The van der Waals surface area contributed by atoms with Crippen LogP contribution in [0.3, 0.4) is 0 Å². The molecule has 2 nitrogen and oxygen atoms in total. The minimum atomic E-state index is 0.731. The van der Waals surface area contributed by atoms with Crippen LogP contribution in [-0.2, 0) is 6.54 Å². The molecule has 0 aliphatic carbocycles. The van der Waals surface area contributed by atoms with Gasteiger partial charge in [0.15, 0.2) is 6.29 Å². The highest BCUT2D eigenvalue weighted by Gasteiger charge is 2.07. The maximum absolute atomic E-state index is 10.8. The summed E-state index contributed by atoms with van der Waals surface area (Å²) < 4.78 is 3.04. The predicted molar refractivity (Wildman–Crippen MR) is 60.7 cm³/mol. The van der Waals surface area contributed by atoms with Crippen LogP contribution in [0, 0.1) is 0 Å². The predicted octanol–water partition coefficient (Wildman–Crippen LogP) is 3.24. The lowest BCUT2D eigenvalue weighted by Gasteiger charge is -2.02. The molecule has 0 fully saturated rings.